The van der Waals surface area contributed by atoms with Crippen LogP contribution in [0.25, 0.3) is 0 Å². The minimum Gasteiger partial charge on any atom is -0.489 e. The van der Waals surface area contributed by atoms with E-state index in [0.29, 0.717) is 43.4 Å². The zero-order valence-corrected chi connectivity index (χ0v) is 11.2. The van der Waals surface area contributed by atoms with Gasteiger partial charge in [-0.3, -0.25) is 0 Å². The van der Waals surface area contributed by atoms with Crippen LogP contribution in [0.1, 0.15) is 10.4 Å². The Morgan fingerprint density at radius 2 is 1.89 bits per heavy atom. The lowest BCUT2D eigenvalue weighted by atomic mass is 10.2. The molecule has 0 saturated carbocycles. The van der Waals surface area contributed by atoms with Gasteiger partial charge in [-0.05, 0) is 18.2 Å². The first-order valence-electron chi connectivity index (χ1n) is 5.86. The number of carbonyl (C=O) groups is 1. The summed E-state index contributed by atoms with van der Waals surface area (Å²) in [7, 11) is 2.93. The van der Waals surface area contributed by atoms with Gasteiger partial charge in [-0.15, -0.1) is 0 Å². The molecule has 2 N–H and O–H groups in total. The fourth-order valence-electron chi connectivity index (χ4n) is 1.38. The number of hydrogen-bond acceptors (Lipinski definition) is 6. The van der Waals surface area contributed by atoms with E-state index < -0.39 is 5.97 Å². The van der Waals surface area contributed by atoms with Crippen LogP contribution in [0.4, 0.5) is 5.69 Å². The van der Waals surface area contributed by atoms with Gasteiger partial charge in [0.05, 0.1) is 38.2 Å². The Morgan fingerprint density at radius 3 is 2.53 bits per heavy atom. The maximum Gasteiger partial charge on any atom is 0.337 e. The molecular formula is C13H19NO5. The van der Waals surface area contributed by atoms with E-state index in [1.165, 1.54) is 13.2 Å². The largest absolute Gasteiger partial charge is 0.489 e. The highest BCUT2D eigenvalue weighted by atomic mass is 16.5. The van der Waals surface area contributed by atoms with Gasteiger partial charge < -0.3 is 24.7 Å². The molecular weight excluding hydrogens is 250 g/mol. The van der Waals surface area contributed by atoms with E-state index in [9.17, 15) is 4.79 Å². The number of hydrogen-bond donors (Lipinski definition) is 1. The molecule has 0 amide bonds. The maximum atomic E-state index is 11.3. The quantitative estimate of drug-likeness (QED) is 0.432. The van der Waals surface area contributed by atoms with Crippen molar-refractivity contribution in [3.05, 3.63) is 23.8 Å². The van der Waals surface area contributed by atoms with E-state index in [1.807, 2.05) is 0 Å². The van der Waals surface area contributed by atoms with Crippen LogP contribution in [0.3, 0.4) is 0 Å². The molecule has 0 aliphatic rings. The van der Waals surface area contributed by atoms with Crippen LogP contribution < -0.4 is 10.5 Å². The number of carbonyl (C=O) groups excluding carboxylic acids is 1. The summed E-state index contributed by atoms with van der Waals surface area (Å²) in [5.41, 5.74) is 6.56. The van der Waals surface area contributed by atoms with E-state index in [0.717, 1.165) is 0 Å². The van der Waals surface area contributed by atoms with Crippen LogP contribution in [-0.4, -0.2) is 46.6 Å². The van der Waals surface area contributed by atoms with Crippen LogP contribution in [0.15, 0.2) is 18.2 Å². The number of rotatable bonds is 8. The molecule has 0 fully saturated rings. The highest BCUT2D eigenvalue weighted by Gasteiger charge is 2.08. The van der Waals surface area contributed by atoms with Crippen molar-refractivity contribution in [2.45, 2.75) is 0 Å². The fraction of sp³-hybridized carbons (Fsp3) is 0.462. The molecule has 1 aromatic carbocycles. The number of anilines is 1. The lowest BCUT2D eigenvalue weighted by Gasteiger charge is -2.10. The highest BCUT2D eigenvalue weighted by molar-refractivity contribution is 5.90. The van der Waals surface area contributed by atoms with Crippen molar-refractivity contribution in [2.24, 2.45) is 0 Å². The third-order valence-electron chi connectivity index (χ3n) is 2.35. The zero-order valence-electron chi connectivity index (χ0n) is 11.2. The van der Waals surface area contributed by atoms with Gasteiger partial charge in [-0.25, -0.2) is 4.79 Å². The average molecular weight is 269 g/mol. The smallest absolute Gasteiger partial charge is 0.337 e. The number of benzene rings is 1. The third kappa shape index (κ3) is 5.15. The molecule has 106 valence electrons. The Morgan fingerprint density at radius 1 is 1.16 bits per heavy atom. The number of nitrogens with two attached hydrogens (primary N) is 1. The van der Waals surface area contributed by atoms with Crippen molar-refractivity contribution in [1.29, 1.82) is 0 Å². The minimum absolute atomic E-state index is 0.380. The van der Waals surface area contributed by atoms with Crippen LogP contribution >= 0.6 is 0 Å². The number of esters is 1. The van der Waals surface area contributed by atoms with Crippen molar-refractivity contribution in [3.8, 4) is 5.75 Å². The summed E-state index contributed by atoms with van der Waals surface area (Å²) in [4.78, 5) is 11.3. The van der Waals surface area contributed by atoms with Crippen LogP contribution in [0.2, 0.25) is 0 Å². The Bertz CT molecular complexity index is 408. The molecule has 0 atom stereocenters. The summed E-state index contributed by atoms with van der Waals surface area (Å²) in [5.74, 6) is 0.0872. The Kier molecular flexibility index (Phi) is 6.70. The monoisotopic (exact) mass is 269 g/mol. The van der Waals surface area contributed by atoms with E-state index in [1.54, 1.807) is 19.2 Å². The molecule has 0 aromatic heterocycles. The second-order valence-corrected chi connectivity index (χ2v) is 3.70. The lowest BCUT2D eigenvalue weighted by Crippen LogP contribution is -2.11. The molecule has 0 heterocycles. The van der Waals surface area contributed by atoms with Gasteiger partial charge in [0.2, 0.25) is 0 Å². The first-order chi connectivity index (χ1) is 9.19. The fourth-order valence-corrected chi connectivity index (χ4v) is 1.38. The first kappa shape index (κ1) is 15.3. The molecule has 19 heavy (non-hydrogen) atoms. The minimum atomic E-state index is -0.429. The molecule has 0 radical (unpaired) electrons. The topological polar surface area (TPSA) is 80.0 Å². The van der Waals surface area contributed by atoms with Gasteiger partial charge >= 0.3 is 5.97 Å². The van der Waals surface area contributed by atoms with Gasteiger partial charge in [0.25, 0.3) is 0 Å². The normalized spacial score (nSPS) is 10.2. The predicted molar refractivity (Wildman–Crippen MR) is 70.4 cm³/mol. The van der Waals surface area contributed by atoms with Gasteiger partial charge in [0.1, 0.15) is 12.4 Å². The molecule has 0 aliphatic carbocycles. The van der Waals surface area contributed by atoms with Gasteiger partial charge in [-0.2, -0.15) is 0 Å². The average Bonchev–Trinajstić information content (AvgIpc) is 2.43. The molecule has 6 nitrogen and oxygen atoms in total. The number of nitrogen functional groups attached to an aromatic ring is 1. The predicted octanol–water partition coefficient (Wildman–Crippen LogP) is 1.10. The van der Waals surface area contributed by atoms with Crippen LogP contribution in [0.5, 0.6) is 5.75 Å². The van der Waals surface area contributed by atoms with Crippen molar-refractivity contribution >= 4 is 11.7 Å². The SMILES string of the molecule is COCCOCCOc1ccc(C(=O)OC)cc1N. The molecule has 0 aliphatic heterocycles. The molecule has 1 rings (SSSR count). The van der Waals surface area contributed by atoms with Crippen molar-refractivity contribution in [3.63, 3.8) is 0 Å². The summed E-state index contributed by atoms with van der Waals surface area (Å²) in [5, 5.41) is 0. The van der Waals surface area contributed by atoms with Crippen LogP contribution in [-0.2, 0) is 14.2 Å². The van der Waals surface area contributed by atoms with E-state index >= 15 is 0 Å². The maximum absolute atomic E-state index is 11.3. The summed E-state index contributed by atoms with van der Waals surface area (Å²) in [6.07, 6.45) is 0. The number of methoxy groups -OCH3 is 2. The molecule has 0 spiro atoms. The molecule has 6 heteroatoms. The summed E-state index contributed by atoms with van der Waals surface area (Å²) in [6, 6.07) is 4.76. The Labute approximate surface area is 112 Å². The molecule has 0 bridgehead atoms. The number of ether oxygens (including phenoxy) is 4. The van der Waals surface area contributed by atoms with Crippen LogP contribution in [0, 0.1) is 0 Å². The highest BCUT2D eigenvalue weighted by Crippen LogP contribution is 2.22. The van der Waals surface area contributed by atoms with Gasteiger partial charge in [-0.1, -0.05) is 0 Å². The second-order valence-electron chi connectivity index (χ2n) is 3.70. The molecule has 1 aromatic rings. The third-order valence-corrected chi connectivity index (χ3v) is 2.35. The molecule has 0 saturated heterocycles. The van der Waals surface area contributed by atoms with Crippen molar-refractivity contribution < 1.29 is 23.7 Å². The van der Waals surface area contributed by atoms with Gasteiger partial charge in [0, 0.05) is 7.11 Å². The molecule has 0 unspecified atom stereocenters. The second kappa shape index (κ2) is 8.34. The van der Waals surface area contributed by atoms with E-state index in [4.69, 9.17) is 19.9 Å². The first-order valence-corrected chi connectivity index (χ1v) is 5.86. The van der Waals surface area contributed by atoms with E-state index in [2.05, 4.69) is 4.74 Å². The van der Waals surface area contributed by atoms with E-state index in [-0.39, 0.29) is 0 Å². The Balaban J connectivity index is 2.40. The summed E-state index contributed by atoms with van der Waals surface area (Å²) >= 11 is 0. The van der Waals surface area contributed by atoms with Gasteiger partial charge in [0.15, 0.2) is 0 Å². The van der Waals surface area contributed by atoms with Crippen molar-refractivity contribution in [2.75, 3.05) is 46.4 Å². The summed E-state index contributed by atoms with van der Waals surface area (Å²) < 4.78 is 20.1. The zero-order chi connectivity index (χ0) is 14.1. The lowest BCUT2D eigenvalue weighted by molar-refractivity contribution is 0.0545. The summed E-state index contributed by atoms with van der Waals surface area (Å²) in [6.45, 7) is 1.90. The Hall–Kier alpha value is -1.79. The standard InChI is InChI=1S/C13H19NO5/c1-16-5-6-18-7-8-19-12-4-3-10(9-11(12)14)13(15)17-2/h3-4,9H,5-8,14H2,1-2H3. The van der Waals surface area contributed by atoms with Crippen molar-refractivity contribution in [1.82, 2.24) is 0 Å².